The second-order valence-electron chi connectivity index (χ2n) is 6.39. The highest BCUT2D eigenvalue weighted by Crippen LogP contribution is 2.19. The molecule has 0 heterocycles. The van der Waals surface area contributed by atoms with Gasteiger partial charge in [0.25, 0.3) is 0 Å². The molecule has 0 aromatic heterocycles. The van der Waals surface area contributed by atoms with Crippen molar-refractivity contribution in [2.75, 3.05) is 13.1 Å². The van der Waals surface area contributed by atoms with Crippen molar-refractivity contribution in [3.63, 3.8) is 0 Å². The lowest BCUT2D eigenvalue weighted by atomic mass is 10.1. The van der Waals surface area contributed by atoms with Crippen LogP contribution in [0.4, 0.5) is 0 Å². The second kappa shape index (κ2) is 7.65. The van der Waals surface area contributed by atoms with Crippen LogP contribution in [0, 0.1) is 0 Å². The number of carbonyl (C=O) groups excluding carboxylic acids is 1. The zero-order chi connectivity index (χ0) is 14.3. The smallest absolute Gasteiger partial charge is 0.222 e. The average Bonchev–Trinajstić information content (AvgIpc) is 2.78. The van der Waals surface area contributed by atoms with Crippen LogP contribution in [0.5, 0.6) is 0 Å². The molecule has 19 heavy (non-hydrogen) atoms. The Morgan fingerprint density at radius 2 is 2.21 bits per heavy atom. The summed E-state index contributed by atoms with van der Waals surface area (Å²) in [5.41, 5.74) is 7.09. The maximum Gasteiger partial charge on any atom is 0.222 e. The molecule has 1 aliphatic rings. The Hall–Kier alpha value is -0.870. The number of allylic oxidation sites excluding steroid dienone is 1. The van der Waals surface area contributed by atoms with E-state index in [0.717, 1.165) is 13.0 Å². The fraction of sp³-hybridized carbons (Fsp3) is 0.800. The lowest BCUT2D eigenvalue weighted by Gasteiger charge is -2.23. The van der Waals surface area contributed by atoms with E-state index in [1.165, 1.54) is 19.3 Å². The molecule has 0 fully saturated rings. The van der Waals surface area contributed by atoms with E-state index >= 15 is 0 Å². The molecular weight excluding hydrogens is 238 g/mol. The molecule has 0 spiro atoms. The number of amides is 1. The van der Waals surface area contributed by atoms with Gasteiger partial charge in [0.1, 0.15) is 0 Å². The molecule has 4 heteroatoms. The first-order valence-corrected chi connectivity index (χ1v) is 7.33. The van der Waals surface area contributed by atoms with Crippen molar-refractivity contribution in [1.29, 1.82) is 0 Å². The molecule has 1 amide bonds. The van der Waals surface area contributed by atoms with E-state index in [2.05, 4.69) is 16.7 Å². The Balaban J connectivity index is 2.23. The van der Waals surface area contributed by atoms with Crippen LogP contribution in [0.15, 0.2) is 11.6 Å². The van der Waals surface area contributed by atoms with Crippen LogP contribution >= 0.6 is 0 Å². The Bertz CT molecular complexity index is 318. The number of nitrogens with two attached hydrogens (primary N) is 1. The molecule has 0 aromatic carbocycles. The van der Waals surface area contributed by atoms with Gasteiger partial charge in [-0.3, -0.25) is 4.79 Å². The van der Waals surface area contributed by atoms with Crippen molar-refractivity contribution >= 4 is 5.91 Å². The molecule has 1 unspecified atom stereocenters. The van der Waals surface area contributed by atoms with E-state index < -0.39 is 0 Å². The van der Waals surface area contributed by atoms with E-state index in [4.69, 9.17) is 5.73 Å². The summed E-state index contributed by atoms with van der Waals surface area (Å²) < 4.78 is 0. The fourth-order valence-corrected chi connectivity index (χ4v) is 2.33. The minimum Gasteiger partial charge on any atom is -0.351 e. The Morgan fingerprint density at radius 3 is 2.74 bits per heavy atom. The summed E-state index contributed by atoms with van der Waals surface area (Å²) in [4.78, 5) is 11.8. The van der Waals surface area contributed by atoms with Crippen molar-refractivity contribution in [1.82, 2.24) is 10.6 Å². The van der Waals surface area contributed by atoms with Gasteiger partial charge in [-0.25, -0.2) is 0 Å². The first-order valence-electron chi connectivity index (χ1n) is 7.33. The number of carbonyl (C=O) groups is 1. The summed E-state index contributed by atoms with van der Waals surface area (Å²) in [6.07, 6.45) is 7.63. The van der Waals surface area contributed by atoms with Crippen molar-refractivity contribution in [2.45, 2.75) is 64.5 Å². The molecule has 0 aliphatic heterocycles. The molecule has 0 radical (unpaired) electrons. The van der Waals surface area contributed by atoms with Gasteiger partial charge in [0.05, 0.1) is 0 Å². The minimum atomic E-state index is -0.176. The first kappa shape index (κ1) is 16.2. The minimum absolute atomic E-state index is 0.0653. The van der Waals surface area contributed by atoms with E-state index in [1.54, 1.807) is 5.57 Å². The molecule has 0 saturated heterocycles. The molecule has 4 N–H and O–H groups in total. The van der Waals surface area contributed by atoms with Gasteiger partial charge in [-0.1, -0.05) is 11.6 Å². The zero-order valence-corrected chi connectivity index (χ0v) is 12.6. The summed E-state index contributed by atoms with van der Waals surface area (Å²) in [5.74, 6) is 0.0653. The monoisotopic (exact) mass is 267 g/mol. The highest BCUT2D eigenvalue weighted by molar-refractivity contribution is 5.77. The number of hydrogen-bond acceptors (Lipinski definition) is 3. The highest BCUT2D eigenvalue weighted by Gasteiger charge is 2.17. The molecule has 1 rings (SSSR count). The third-order valence-electron chi connectivity index (χ3n) is 3.24. The Kier molecular flexibility index (Phi) is 6.52. The predicted molar refractivity (Wildman–Crippen MR) is 79.9 cm³/mol. The fourth-order valence-electron chi connectivity index (χ4n) is 2.33. The SMILES string of the molecule is CC(C)(C)NC(=O)CC(CN)NCCC1=CCCC1. The van der Waals surface area contributed by atoms with Crippen LogP contribution in [-0.4, -0.2) is 30.6 Å². The van der Waals surface area contributed by atoms with Gasteiger partial charge >= 0.3 is 0 Å². The summed E-state index contributed by atoms with van der Waals surface area (Å²) in [7, 11) is 0. The summed E-state index contributed by atoms with van der Waals surface area (Å²) in [6.45, 7) is 7.38. The van der Waals surface area contributed by atoms with Gasteiger partial charge in [0, 0.05) is 24.5 Å². The van der Waals surface area contributed by atoms with Gasteiger partial charge < -0.3 is 16.4 Å². The van der Waals surface area contributed by atoms with Crippen LogP contribution in [-0.2, 0) is 4.79 Å². The highest BCUT2D eigenvalue weighted by atomic mass is 16.1. The van der Waals surface area contributed by atoms with Crippen LogP contribution in [0.25, 0.3) is 0 Å². The predicted octanol–water partition coefficient (Wildman–Crippen LogP) is 1.71. The summed E-state index contributed by atoms with van der Waals surface area (Å²) in [5, 5.41) is 6.36. The molecule has 1 atom stereocenters. The van der Waals surface area contributed by atoms with Gasteiger partial charge in [0.2, 0.25) is 5.91 Å². The van der Waals surface area contributed by atoms with E-state index in [0.29, 0.717) is 13.0 Å². The second-order valence-corrected chi connectivity index (χ2v) is 6.39. The van der Waals surface area contributed by atoms with Crippen LogP contribution in [0.1, 0.15) is 52.9 Å². The standard InChI is InChI=1S/C15H29N3O/c1-15(2,3)18-14(19)10-13(11-16)17-9-8-12-6-4-5-7-12/h6,13,17H,4-5,7-11,16H2,1-3H3,(H,18,19). The van der Waals surface area contributed by atoms with E-state index in [9.17, 15) is 4.79 Å². The summed E-state index contributed by atoms with van der Waals surface area (Å²) >= 11 is 0. The quantitative estimate of drug-likeness (QED) is 0.615. The first-order chi connectivity index (χ1) is 8.90. The van der Waals surface area contributed by atoms with Gasteiger partial charge in [-0.2, -0.15) is 0 Å². The summed E-state index contributed by atoms with van der Waals surface area (Å²) in [6, 6.07) is 0.0735. The molecule has 0 bridgehead atoms. The number of nitrogens with one attached hydrogen (secondary N) is 2. The number of hydrogen-bond donors (Lipinski definition) is 3. The van der Waals surface area contributed by atoms with E-state index in [1.807, 2.05) is 20.8 Å². The molecule has 0 aromatic rings. The average molecular weight is 267 g/mol. The molecule has 4 nitrogen and oxygen atoms in total. The van der Waals surface area contributed by atoms with Crippen molar-refractivity contribution < 1.29 is 4.79 Å². The molecule has 110 valence electrons. The topological polar surface area (TPSA) is 67.2 Å². The van der Waals surface area contributed by atoms with Crippen molar-refractivity contribution in [3.05, 3.63) is 11.6 Å². The van der Waals surface area contributed by atoms with Gasteiger partial charge in [-0.05, 0) is 53.0 Å². The maximum absolute atomic E-state index is 11.8. The Labute approximate surface area is 117 Å². The van der Waals surface area contributed by atoms with Crippen LogP contribution < -0.4 is 16.4 Å². The van der Waals surface area contributed by atoms with Crippen LogP contribution in [0.2, 0.25) is 0 Å². The molecule has 1 aliphatic carbocycles. The molecule has 0 saturated carbocycles. The number of rotatable bonds is 7. The van der Waals surface area contributed by atoms with Crippen molar-refractivity contribution in [3.8, 4) is 0 Å². The van der Waals surface area contributed by atoms with Gasteiger partial charge in [-0.15, -0.1) is 0 Å². The molecular formula is C15H29N3O. The van der Waals surface area contributed by atoms with E-state index in [-0.39, 0.29) is 17.5 Å². The Morgan fingerprint density at radius 1 is 1.47 bits per heavy atom. The third kappa shape index (κ3) is 7.33. The lowest BCUT2D eigenvalue weighted by Crippen LogP contribution is -2.46. The van der Waals surface area contributed by atoms with Crippen molar-refractivity contribution in [2.24, 2.45) is 5.73 Å². The maximum atomic E-state index is 11.8. The zero-order valence-electron chi connectivity index (χ0n) is 12.6. The largest absolute Gasteiger partial charge is 0.351 e. The lowest BCUT2D eigenvalue weighted by molar-refractivity contribution is -0.122. The van der Waals surface area contributed by atoms with Crippen LogP contribution in [0.3, 0.4) is 0 Å². The normalized spacial score (nSPS) is 17.2. The third-order valence-corrected chi connectivity index (χ3v) is 3.24. The van der Waals surface area contributed by atoms with Gasteiger partial charge in [0.15, 0.2) is 0 Å².